The summed E-state index contributed by atoms with van der Waals surface area (Å²) < 4.78 is 0. The first-order valence-electron chi connectivity index (χ1n) is 7.03. The molecule has 1 aromatic carbocycles. The van der Waals surface area contributed by atoms with Gasteiger partial charge in [-0.15, -0.1) is 0 Å². The summed E-state index contributed by atoms with van der Waals surface area (Å²) >= 11 is 2.12. The molecule has 1 nitrogen and oxygen atoms in total. The van der Waals surface area contributed by atoms with Crippen molar-refractivity contribution in [3.63, 3.8) is 0 Å². The van der Waals surface area contributed by atoms with Crippen molar-refractivity contribution in [3.05, 3.63) is 34.9 Å². The van der Waals surface area contributed by atoms with Crippen LogP contribution in [0.1, 0.15) is 48.8 Å². The van der Waals surface area contributed by atoms with Gasteiger partial charge in [-0.1, -0.05) is 24.6 Å². The number of hydrogen-bond donors (Lipinski definition) is 1. The lowest BCUT2D eigenvalue weighted by atomic mass is 9.78. The van der Waals surface area contributed by atoms with E-state index in [1.807, 2.05) is 0 Å². The summed E-state index contributed by atoms with van der Waals surface area (Å²) in [6, 6.07) is 6.36. The number of fused-ring (bicyclic) bond motifs is 2. The van der Waals surface area contributed by atoms with Gasteiger partial charge in [0.25, 0.3) is 0 Å². The Kier molecular flexibility index (Phi) is 3.19. The van der Waals surface area contributed by atoms with Crippen molar-refractivity contribution in [1.29, 1.82) is 0 Å². The number of rotatable bonds is 1. The molecule has 2 fully saturated rings. The summed E-state index contributed by atoms with van der Waals surface area (Å²) in [5.74, 6) is 0. The third-order valence-corrected chi connectivity index (χ3v) is 6.25. The molecule has 18 heavy (non-hydrogen) atoms. The quantitative estimate of drug-likeness (QED) is 0.827. The van der Waals surface area contributed by atoms with Crippen LogP contribution in [0.2, 0.25) is 0 Å². The number of aliphatic hydroxyl groups is 1. The molecule has 0 amide bonds. The van der Waals surface area contributed by atoms with Crippen LogP contribution in [0.25, 0.3) is 0 Å². The second-order valence-electron chi connectivity index (χ2n) is 6.00. The molecule has 1 N–H and O–H groups in total. The first kappa shape index (κ1) is 12.6. The van der Waals surface area contributed by atoms with E-state index in [-0.39, 0.29) is 0 Å². The highest BCUT2D eigenvalue weighted by atomic mass is 32.2. The van der Waals surface area contributed by atoms with Crippen molar-refractivity contribution < 1.29 is 5.11 Å². The van der Waals surface area contributed by atoms with Crippen LogP contribution < -0.4 is 0 Å². The third-order valence-electron chi connectivity index (χ3n) is 4.67. The Morgan fingerprint density at radius 3 is 2.50 bits per heavy atom. The van der Waals surface area contributed by atoms with Gasteiger partial charge in [0.1, 0.15) is 0 Å². The largest absolute Gasteiger partial charge is 0.385 e. The predicted octanol–water partition coefficient (Wildman–Crippen LogP) is 3.94. The maximum atomic E-state index is 11.1. The predicted molar refractivity (Wildman–Crippen MR) is 78.1 cm³/mol. The van der Waals surface area contributed by atoms with Gasteiger partial charge in [-0.25, -0.2) is 0 Å². The van der Waals surface area contributed by atoms with Crippen molar-refractivity contribution in [1.82, 2.24) is 0 Å². The number of benzene rings is 1. The molecule has 2 unspecified atom stereocenters. The average Bonchev–Trinajstić information content (AvgIpc) is 2.32. The molecule has 0 aromatic heterocycles. The number of thioether (sulfide) groups is 1. The summed E-state index contributed by atoms with van der Waals surface area (Å²) in [6.07, 6.45) is 5.81. The van der Waals surface area contributed by atoms with Gasteiger partial charge in [-0.05, 0) is 56.2 Å². The summed E-state index contributed by atoms with van der Waals surface area (Å²) in [5, 5.41) is 12.5. The molecule has 2 atom stereocenters. The van der Waals surface area contributed by atoms with E-state index in [0.29, 0.717) is 10.5 Å². The molecule has 2 bridgehead atoms. The van der Waals surface area contributed by atoms with E-state index in [9.17, 15) is 5.11 Å². The zero-order valence-electron chi connectivity index (χ0n) is 11.3. The second-order valence-corrected chi connectivity index (χ2v) is 7.60. The van der Waals surface area contributed by atoms with Crippen LogP contribution in [0.15, 0.2) is 18.2 Å². The van der Waals surface area contributed by atoms with Crippen molar-refractivity contribution in [2.45, 2.75) is 62.1 Å². The number of hydrogen-bond acceptors (Lipinski definition) is 2. The monoisotopic (exact) mass is 262 g/mol. The summed E-state index contributed by atoms with van der Waals surface area (Å²) in [5.41, 5.74) is 3.19. The van der Waals surface area contributed by atoms with E-state index in [4.69, 9.17) is 0 Å². The lowest BCUT2D eigenvalue weighted by Crippen LogP contribution is -2.41. The van der Waals surface area contributed by atoms with Gasteiger partial charge in [0.15, 0.2) is 0 Å². The maximum absolute atomic E-state index is 11.1. The topological polar surface area (TPSA) is 20.2 Å². The molecule has 2 heterocycles. The maximum Gasteiger partial charge on any atom is 0.0920 e. The first-order valence-corrected chi connectivity index (χ1v) is 7.97. The van der Waals surface area contributed by atoms with Crippen LogP contribution in [-0.2, 0) is 5.60 Å². The summed E-state index contributed by atoms with van der Waals surface area (Å²) in [7, 11) is 0. The normalized spacial score (nSPS) is 35.5. The van der Waals surface area contributed by atoms with Crippen LogP contribution >= 0.6 is 11.8 Å². The van der Waals surface area contributed by atoms with Crippen LogP contribution in [0.3, 0.4) is 0 Å². The van der Waals surface area contributed by atoms with Crippen LogP contribution in [-0.4, -0.2) is 15.6 Å². The Morgan fingerprint density at radius 2 is 1.83 bits per heavy atom. The van der Waals surface area contributed by atoms with E-state index in [1.165, 1.54) is 36.0 Å². The molecule has 0 aliphatic carbocycles. The highest BCUT2D eigenvalue weighted by Gasteiger charge is 2.43. The average molecular weight is 262 g/mol. The SMILES string of the molecule is Cc1cccc(C2(O)CC3CCCC(C2)S3)c1C. The molecular formula is C16H22OS. The zero-order chi connectivity index (χ0) is 12.8. The summed E-state index contributed by atoms with van der Waals surface area (Å²) in [4.78, 5) is 0. The van der Waals surface area contributed by atoms with E-state index >= 15 is 0 Å². The number of aryl methyl sites for hydroxylation is 1. The van der Waals surface area contributed by atoms with Gasteiger partial charge in [-0.3, -0.25) is 0 Å². The molecule has 2 aliphatic heterocycles. The Labute approximate surface area is 114 Å². The highest BCUT2D eigenvalue weighted by molar-refractivity contribution is 8.00. The molecule has 0 saturated carbocycles. The van der Waals surface area contributed by atoms with Crippen LogP contribution in [0.4, 0.5) is 0 Å². The molecule has 0 spiro atoms. The molecule has 3 rings (SSSR count). The lowest BCUT2D eigenvalue weighted by Gasteiger charge is -2.44. The smallest absolute Gasteiger partial charge is 0.0920 e. The van der Waals surface area contributed by atoms with Gasteiger partial charge in [0.2, 0.25) is 0 Å². The van der Waals surface area contributed by atoms with E-state index in [0.717, 1.165) is 12.8 Å². The molecule has 1 aromatic rings. The molecule has 2 heteroatoms. The summed E-state index contributed by atoms with van der Waals surface area (Å²) in [6.45, 7) is 4.29. The van der Waals surface area contributed by atoms with Gasteiger partial charge in [-0.2, -0.15) is 11.8 Å². The van der Waals surface area contributed by atoms with Crippen LogP contribution in [0, 0.1) is 13.8 Å². The van der Waals surface area contributed by atoms with E-state index < -0.39 is 5.60 Å². The third kappa shape index (κ3) is 2.10. The minimum atomic E-state index is -0.572. The minimum absolute atomic E-state index is 0.572. The van der Waals surface area contributed by atoms with Crippen LogP contribution in [0.5, 0.6) is 0 Å². The van der Waals surface area contributed by atoms with E-state index in [1.54, 1.807) is 0 Å². The molecule has 2 aliphatic rings. The Morgan fingerprint density at radius 1 is 1.17 bits per heavy atom. The van der Waals surface area contributed by atoms with Crippen molar-refractivity contribution in [3.8, 4) is 0 Å². The second kappa shape index (κ2) is 4.57. The Balaban J connectivity index is 1.96. The molecule has 2 saturated heterocycles. The lowest BCUT2D eigenvalue weighted by molar-refractivity contribution is 0.00751. The molecule has 98 valence electrons. The minimum Gasteiger partial charge on any atom is -0.385 e. The van der Waals surface area contributed by atoms with Gasteiger partial charge in [0, 0.05) is 10.5 Å². The standard InChI is InChI=1S/C16H22OS/c1-11-5-3-8-15(12(11)2)16(17)9-13-6-4-7-14(10-16)18-13/h3,5,8,13-14,17H,4,6-7,9-10H2,1-2H3. The first-order chi connectivity index (χ1) is 8.58. The fourth-order valence-corrected chi connectivity index (χ4v) is 5.49. The highest BCUT2D eigenvalue weighted by Crippen LogP contribution is 2.50. The van der Waals surface area contributed by atoms with Gasteiger partial charge in [0.05, 0.1) is 5.60 Å². The fraction of sp³-hybridized carbons (Fsp3) is 0.625. The Bertz CT molecular complexity index is 442. The van der Waals surface area contributed by atoms with Crippen molar-refractivity contribution >= 4 is 11.8 Å². The Hall–Kier alpha value is -0.470. The van der Waals surface area contributed by atoms with Crippen molar-refractivity contribution in [2.24, 2.45) is 0 Å². The van der Waals surface area contributed by atoms with E-state index in [2.05, 4.69) is 43.8 Å². The van der Waals surface area contributed by atoms with Gasteiger partial charge >= 0.3 is 0 Å². The zero-order valence-corrected chi connectivity index (χ0v) is 12.1. The fourth-order valence-electron chi connectivity index (χ4n) is 3.59. The molecule has 0 radical (unpaired) electrons. The van der Waals surface area contributed by atoms with Gasteiger partial charge < -0.3 is 5.11 Å². The van der Waals surface area contributed by atoms with Crippen molar-refractivity contribution in [2.75, 3.05) is 0 Å². The molecular weight excluding hydrogens is 240 g/mol.